The van der Waals surface area contributed by atoms with E-state index in [4.69, 9.17) is 21.1 Å². The Hall–Kier alpha value is -0.700. The average Bonchev–Trinajstić information content (AvgIpc) is 1.79. The molecule has 0 aromatic carbocycles. The third-order valence-corrected chi connectivity index (χ3v) is 1.22. The number of halogens is 1. The van der Waals surface area contributed by atoms with Gasteiger partial charge in [-0.2, -0.15) is 0 Å². The van der Waals surface area contributed by atoms with E-state index >= 15 is 0 Å². The predicted molar refractivity (Wildman–Crippen MR) is 35.2 cm³/mol. The number of hydrogen-bond donors (Lipinski definition) is 0. The smallest absolute Gasteiger partial charge is 0.356 e. The van der Waals surface area contributed by atoms with Crippen LogP contribution >= 0.6 is 11.6 Å². The van der Waals surface area contributed by atoms with Crippen LogP contribution in [0.3, 0.4) is 0 Å². The summed E-state index contributed by atoms with van der Waals surface area (Å²) in [4.78, 5) is 10.7. The molecule has 0 aromatic heterocycles. The first kappa shape index (κ1) is 7.41. The highest BCUT2D eigenvalue weighted by atomic mass is 35.5. The van der Waals surface area contributed by atoms with Gasteiger partial charge in [0.2, 0.25) is 5.79 Å². The number of hydrogen-bond acceptors (Lipinski definition) is 3. The van der Waals surface area contributed by atoms with Gasteiger partial charge < -0.3 is 9.47 Å². The first-order chi connectivity index (χ1) is 4.51. The number of ether oxygens (including phenoxy) is 2. The zero-order chi connectivity index (χ0) is 7.78. The molecule has 3 nitrogen and oxygen atoms in total. The molecule has 0 amide bonds. The normalized spacial score (nSPS) is 22.7. The molecule has 0 spiro atoms. The molecule has 56 valence electrons. The van der Waals surface area contributed by atoms with Crippen LogP contribution in [0.15, 0.2) is 11.3 Å². The van der Waals surface area contributed by atoms with Gasteiger partial charge in [0.1, 0.15) is 6.26 Å². The Morgan fingerprint density at radius 3 is 2.60 bits per heavy atom. The van der Waals surface area contributed by atoms with Gasteiger partial charge in [0, 0.05) is 13.8 Å². The Kier molecular flexibility index (Phi) is 1.60. The highest BCUT2D eigenvalue weighted by Crippen LogP contribution is 2.21. The maximum Gasteiger partial charge on any atom is 0.356 e. The van der Waals surface area contributed by atoms with Gasteiger partial charge in [-0.1, -0.05) is 11.6 Å². The van der Waals surface area contributed by atoms with Crippen molar-refractivity contribution in [1.29, 1.82) is 0 Å². The van der Waals surface area contributed by atoms with Crippen LogP contribution in [0.4, 0.5) is 0 Å². The quantitative estimate of drug-likeness (QED) is 0.505. The Morgan fingerprint density at radius 2 is 2.20 bits per heavy atom. The lowest BCUT2D eigenvalue weighted by Crippen LogP contribution is -2.33. The van der Waals surface area contributed by atoms with E-state index in [-0.39, 0.29) is 5.03 Å². The third kappa shape index (κ3) is 1.42. The summed E-state index contributed by atoms with van der Waals surface area (Å²) in [6, 6.07) is 0. The molecule has 0 aliphatic carbocycles. The van der Waals surface area contributed by atoms with E-state index in [1.807, 2.05) is 0 Å². The van der Waals surface area contributed by atoms with Gasteiger partial charge in [-0.3, -0.25) is 0 Å². The summed E-state index contributed by atoms with van der Waals surface area (Å²) in [6.07, 6.45) is 1.19. The molecule has 0 N–H and O–H groups in total. The highest BCUT2D eigenvalue weighted by molar-refractivity contribution is 6.41. The molecular formula is C6H7ClO3. The fourth-order valence-corrected chi connectivity index (χ4v) is 0.621. The second-order valence-electron chi connectivity index (χ2n) is 2.37. The summed E-state index contributed by atoms with van der Waals surface area (Å²) >= 11 is 5.36. The van der Waals surface area contributed by atoms with E-state index in [1.54, 1.807) is 13.8 Å². The van der Waals surface area contributed by atoms with E-state index in [0.717, 1.165) is 0 Å². The van der Waals surface area contributed by atoms with Crippen molar-refractivity contribution in [3.05, 3.63) is 11.3 Å². The average molecular weight is 163 g/mol. The molecule has 0 fully saturated rings. The van der Waals surface area contributed by atoms with E-state index in [9.17, 15) is 4.79 Å². The van der Waals surface area contributed by atoms with Crippen LogP contribution in [0.25, 0.3) is 0 Å². The second kappa shape index (κ2) is 2.16. The molecule has 1 rings (SSSR count). The number of rotatable bonds is 0. The molecule has 10 heavy (non-hydrogen) atoms. The van der Waals surface area contributed by atoms with E-state index < -0.39 is 11.8 Å². The van der Waals surface area contributed by atoms with Crippen molar-refractivity contribution in [3.8, 4) is 0 Å². The van der Waals surface area contributed by atoms with Gasteiger partial charge in [-0.25, -0.2) is 4.79 Å². The standard InChI is InChI=1S/C6H7ClO3/c1-6(2)9-3-4(7)5(8)10-6/h3H,1-2H3. The predicted octanol–water partition coefficient (Wildman–Crippen LogP) is 1.38. The van der Waals surface area contributed by atoms with Crippen molar-refractivity contribution in [1.82, 2.24) is 0 Å². The van der Waals surface area contributed by atoms with Crippen molar-refractivity contribution in [2.75, 3.05) is 0 Å². The number of cyclic esters (lactones) is 1. The van der Waals surface area contributed by atoms with Gasteiger partial charge in [0.15, 0.2) is 5.03 Å². The molecule has 1 aliphatic heterocycles. The number of esters is 1. The minimum absolute atomic E-state index is 0.0284. The summed E-state index contributed by atoms with van der Waals surface area (Å²) in [7, 11) is 0. The van der Waals surface area contributed by atoms with Crippen LogP contribution in [0.1, 0.15) is 13.8 Å². The topological polar surface area (TPSA) is 35.5 Å². The molecule has 0 saturated heterocycles. The largest absolute Gasteiger partial charge is 0.459 e. The number of carbonyl (C=O) groups is 1. The molecular weight excluding hydrogens is 156 g/mol. The molecule has 0 unspecified atom stereocenters. The van der Waals surface area contributed by atoms with Gasteiger partial charge in [0.05, 0.1) is 0 Å². The first-order valence-corrected chi connectivity index (χ1v) is 3.16. The maximum atomic E-state index is 10.7. The van der Waals surface area contributed by atoms with Crippen molar-refractivity contribution in [2.45, 2.75) is 19.6 Å². The summed E-state index contributed by atoms with van der Waals surface area (Å²) in [5.41, 5.74) is 0. The van der Waals surface area contributed by atoms with E-state index in [2.05, 4.69) is 0 Å². The Morgan fingerprint density at radius 1 is 1.60 bits per heavy atom. The van der Waals surface area contributed by atoms with Crippen molar-refractivity contribution < 1.29 is 14.3 Å². The minimum atomic E-state index is -0.879. The zero-order valence-corrected chi connectivity index (χ0v) is 6.44. The third-order valence-electron chi connectivity index (χ3n) is 0.980. The van der Waals surface area contributed by atoms with Crippen LogP contribution in [0, 0.1) is 0 Å². The van der Waals surface area contributed by atoms with Gasteiger partial charge >= 0.3 is 5.97 Å². The molecule has 0 radical (unpaired) electrons. The lowest BCUT2D eigenvalue weighted by Gasteiger charge is -2.27. The van der Waals surface area contributed by atoms with Crippen LogP contribution in [0.2, 0.25) is 0 Å². The van der Waals surface area contributed by atoms with Crippen LogP contribution in [-0.2, 0) is 14.3 Å². The van der Waals surface area contributed by atoms with Crippen molar-refractivity contribution >= 4 is 17.6 Å². The van der Waals surface area contributed by atoms with Crippen molar-refractivity contribution in [3.63, 3.8) is 0 Å². The minimum Gasteiger partial charge on any atom is -0.459 e. The van der Waals surface area contributed by atoms with Crippen LogP contribution in [0.5, 0.6) is 0 Å². The summed E-state index contributed by atoms with van der Waals surface area (Å²) in [5.74, 6) is -1.42. The first-order valence-electron chi connectivity index (χ1n) is 2.78. The summed E-state index contributed by atoms with van der Waals surface area (Å²) in [5, 5.41) is -0.0284. The lowest BCUT2D eigenvalue weighted by molar-refractivity contribution is -0.199. The molecule has 1 heterocycles. The molecule has 1 aliphatic rings. The molecule has 0 saturated carbocycles. The summed E-state index contributed by atoms with van der Waals surface area (Å²) in [6.45, 7) is 3.26. The van der Waals surface area contributed by atoms with E-state index in [1.165, 1.54) is 6.26 Å². The van der Waals surface area contributed by atoms with Crippen LogP contribution in [-0.4, -0.2) is 11.8 Å². The van der Waals surface area contributed by atoms with Gasteiger partial charge in [-0.15, -0.1) is 0 Å². The van der Waals surface area contributed by atoms with Gasteiger partial charge in [0.25, 0.3) is 0 Å². The van der Waals surface area contributed by atoms with Crippen LogP contribution < -0.4 is 0 Å². The van der Waals surface area contributed by atoms with E-state index in [0.29, 0.717) is 0 Å². The molecule has 4 heteroatoms. The Labute approximate surface area is 63.6 Å². The highest BCUT2D eigenvalue weighted by Gasteiger charge is 2.29. The fraction of sp³-hybridized carbons (Fsp3) is 0.500. The van der Waals surface area contributed by atoms with Crippen molar-refractivity contribution in [2.24, 2.45) is 0 Å². The monoisotopic (exact) mass is 162 g/mol. The van der Waals surface area contributed by atoms with Gasteiger partial charge in [-0.05, 0) is 0 Å². The molecule has 0 atom stereocenters. The SMILES string of the molecule is CC1(C)OC=C(Cl)C(=O)O1. The number of carbonyl (C=O) groups excluding carboxylic acids is 1. The Balaban J connectivity index is 2.79. The Bertz CT molecular complexity index is 195. The zero-order valence-electron chi connectivity index (χ0n) is 5.68. The molecule has 0 bridgehead atoms. The maximum absolute atomic E-state index is 10.7. The summed E-state index contributed by atoms with van der Waals surface area (Å²) < 4.78 is 9.64. The second-order valence-corrected chi connectivity index (χ2v) is 2.78. The fourth-order valence-electron chi connectivity index (χ4n) is 0.538. The molecule has 0 aromatic rings. The lowest BCUT2D eigenvalue weighted by atomic mass is 10.3.